The second-order valence-electron chi connectivity index (χ2n) is 4.93. The molecule has 4 nitrogen and oxygen atoms in total. The van der Waals surface area contributed by atoms with Crippen LogP contribution in [0.2, 0.25) is 0 Å². The van der Waals surface area contributed by atoms with Crippen molar-refractivity contribution in [3.63, 3.8) is 0 Å². The maximum atomic E-state index is 5.85. The van der Waals surface area contributed by atoms with E-state index in [0.29, 0.717) is 6.61 Å². The predicted octanol–water partition coefficient (Wildman–Crippen LogP) is 1.67. The second-order valence-corrected chi connectivity index (χ2v) is 4.93. The van der Waals surface area contributed by atoms with Crippen LogP contribution in [0.5, 0.6) is 5.75 Å². The summed E-state index contributed by atoms with van der Waals surface area (Å²) in [5.74, 6) is 0.970. The van der Waals surface area contributed by atoms with Crippen molar-refractivity contribution in [2.45, 2.75) is 13.5 Å². The molecule has 19 heavy (non-hydrogen) atoms. The van der Waals surface area contributed by atoms with Crippen LogP contribution in [-0.2, 0) is 11.3 Å². The lowest BCUT2D eigenvalue weighted by Crippen LogP contribution is -2.21. The number of ether oxygens (including phenoxy) is 2. The summed E-state index contributed by atoms with van der Waals surface area (Å²) in [6.45, 7) is 6.11. The molecule has 0 aliphatic rings. The third-order valence-corrected chi connectivity index (χ3v) is 2.81. The topological polar surface area (TPSA) is 33.7 Å². The zero-order valence-corrected chi connectivity index (χ0v) is 12.5. The van der Waals surface area contributed by atoms with Gasteiger partial charge >= 0.3 is 0 Å². The third kappa shape index (κ3) is 6.57. The summed E-state index contributed by atoms with van der Waals surface area (Å²) in [5, 5.41) is 3.35. The van der Waals surface area contributed by atoms with Gasteiger partial charge in [-0.1, -0.05) is 17.7 Å². The Balaban J connectivity index is 2.53. The van der Waals surface area contributed by atoms with Crippen molar-refractivity contribution in [2.75, 3.05) is 47.5 Å². The van der Waals surface area contributed by atoms with Gasteiger partial charge in [-0.15, -0.1) is 0 Å². The van der Waals surface area contributed by atoms with E-state index in [2.05, 4.69) is 35.3 Å². The first-order valence-electron chi connectivity index (χ1n) is 6.70. The molecule has 0 heterocycles. The number of hydrogen-bond acceptors (Lipinski definition) is 4. The smallest absolute Gasteiger partial charge is 0.123 e. The fourth-order valence-corrected chi connectivity index (χ4v) is 1.72. The molecule has 0 unspecified atom stereocenters. The Morgan fingerprint density at radius 1 is 1.21 bits per heavy atom. The van der Waals surface area contributed by atoms with Crippen molar-refractivity contribution < 1.29 is 9.47 Å². The maximum absolute atomic E-state index is 5.85. The van der Waals surface area contributed by atoms with E-state index in [-0.39, 0.29) is 0 Å². The maximum Gasteiger partial charge on any atom is 0.123 e. The molecule has 1 rings (SSSR count). The molecular formula is C15H26N2O2. The van der Waals surface area contributed by atoms with Crippen LogP contribution < -0.4 is 10.1 Å². The highest BCUT2D eigenvalue weighted by atomic mass is 16.5. The van der Waals surface area contributed by atoms with Gasteiger partial charge in [0.05, 0.1) is 6.61 Å². The van der Waals surface area contributed by atoms with Gasteiger partial charge in [-0.25, -0.2) is 0 Å². The molecule has 0 aromatic heterocycles. The lowest BCUT2D eigenvalue weighted by molar-refractivity contribution is 0.199. The summed E-state index contributed by atoms with van der Waals surface area (Å²) >= 11 is 0. The average molecular weight is 266 g/mol. The summed E-state index contributed by atoms with van der Waals surface area (Å²) in [6, 6.07) is 6.31. The van der Waals surface area contributed by atoms with E-state index in [1.807, 2.05) is 14.1 Å². The molecule has 0 bridgehead atoms. The van der Waals surface area contributed by atoms with E-state index in [0.717, 1.165) is 32.0 Å². The summed E-state index contributed by atoms with van der Waals surface area (Å²) in [7, 11) is 5.81. The highest BCUT2D eigenvalue weighted by Crippen LogP contribution is 2.19. The molecule has 0 saturated heterocycles. The highest BCUT2D eigenvalue weighted by Gasteiger charge is 2.04. The van der Waals surface area contributed by atoms with Gasteiger partial charge in [0.15, 0.2) is 0 Å². The SMILES string of the molecule is COCCNCc1cc(C)ccc1OCCN(C)C. The summed E-state index contributed by atoms with van der Waals surface area (Å²) in [6.07, 6.45) is 0. The molecular weight excluding hydrogens is 240 g/mol. The first-order valence-corrected chi connectivity index (χ1v) is 6.70. The first kappa shape index (κ1) is 16.0. The number of nitrogens with zero attached hydrogens (tertiary/aromatic N) is 1. The molecule has 0 amide bonds. The molecule has 0 aliphatic heterocycles. The Kier molecular flexibility index (Phi) is 7.48. The predicted molar refractivity (Wildman–Crippen MR) is 78.8 cm³/mol. The molecule has 0 aliphatic carbocycles. The van der Waals surface area contributed by atoms with Crippen LogP contribution in [0.4, 0.5) is 0 Å². The van der Waals surface area contributed by atoms with Gasteiger partial charge in [-0.3, -0.25) is 0 Å². The van der Waals surface area contributed by atoms with Gasteiger partial charge in [0, 0.05) is 32.3 Å². The number of aryl methyl sites for hydroxylation is 1. The number of likely N-dealkylation sites (N-methyl/N-ethyl adjacent to an activating group) is 1. The zero-order chi connectivity index (χ0) is 14.1. The highest BCUT2D eigenvalue weighted by molar-refractivity contribution is 5.36. The Morgan fingerprint density at radius 3 is 2.68 bits per heavy atom. The van der Waals surface area contributed by atoms with Gasteiger partial charge in [-0.05, 0) is 27.1 Å². The van der Waals surface area contributed by atoms with Crippen molar-refractivity contribution in [3.05, 3.63) is 29.3 Å². The van der Waals surface area contributed by atoms with Crippen LogP contribution in [0, 0.1) is 6.92 Å². The second kappa shape index (κ2) is 8.91. The molecule has 1 aromatic rings. The molecule has 108 valence electrons. The van der Waals surface area contributed by atoms with Gasteiger partial charge in [-0.2, -0.15) is 0 Å². The number of nitrogens with one attached hydrogen (secondary N) is 1. The Morgan fingerprint density at radius 2 is 2.00 bits per heavy atom. The van der Waals surface area contributed by atoms with Crippen molar-refractivity contribution >= 4 is 0 Å². The van der Waals surface area contributed by atoms with Gasteiger partial charge in [0.25, 0.3) is 0 Å². The van der Waals surface area contributed by atoms with Crippen LogP contribution >= 0.6 is 0 Å². The Labute approximate surface area is 116 Å². The Bertz CT molecular complexity index is 367. The van der Waals surface area contributed by atoms with Crippen LogP contribution in [0.25, 0.3) is 0 Å². The van der Waals surface area contributed by atoms with Gasteiger partial charge < -0.3 is 19.7 Å². The molecule has 4 heteroatoms. The third-order valence-electron chi connectivity index (χ3n) is 2.81. The largest absolute Gasteiger partial charge is 0.492 e. The molecule has 0 atom stereocenters. The van der Waals surface area contributed by atoms with E-state index in [4.69, 9.17) is 9.47 Å². The molecule has 0 saturated carbocycles. The quantitative estimate of drug-likeness (QED) is 0.689. The lowest BCUT2D eigenvalue weighted by atomic mass is 10.1. The summed E-state index contributed by atoms with van der Waals surface area (Å²) in [4.78, 5) is 2.12. The van der Waals surface area contributed by atoms with Crippen molar-refractivity contribution in [1.82, 2.24) is 10.2 Å². The standard InChI is InChI=1S/C15H26N2O2/c1-13-5-6-15(19-10-8-17(2)3)14(11-13)12-16-7-9-18-4/h5-6,11,16H,7-10,12H2,1-4H3. The van der Waals surface area contributed by atoms with Crippen molar-refractivity contribution in [2.24, 2.45) is 0 Å². The summed E-state index contributed by atoms with van der Waals surface area (Å²) < 4.78 is 10.9. The number of hydrogen-bond donors (Lipinski definition) is 1. The van der Waals surface area contributed by atoms with Crippen LogP contribution in [0.1, 0.15) is 11.1 Å². The minimum Gasteiger partial charge on any atom is -0.492 e. The van der Waals surface area contributed by atoms with Gasteiger partial charge in [0.2, 0.25) is 0 Å². The number of rotatable bonds is 9. The Hall–Kier alpha value is -1.10. The van der Waals surface area contributed by atoms with Gasteiger partial charge in [0.1, 0.15) is 12.4 Å². The minimum absolute atomic E-state index is 0.709. The summed E-state index contributed by atoms with van der Waals surface area (Å²) in [5.41, 5.74) is 2.46. The number of methoxy groups -OCH3 is 1. The fourth-order valence-electron chi connectivity index (χ4n) is 1.72. The fraction of sp³-hybridized carbons (Fsp3) is 0.600. The number of benzene rings is 1. The van der Waals surface area contributed by atoms with E-state index >= 15 is 0 Å². The molecule has 1 N–H and O–H groups in total. The van der Waals surface area contributed by atoms with E-state index in [9.17, 15) is 0 Å². The first-order chi connectivity index (χ1) is 9.13. The van der Waals surface area contributed by atoms with Crippen LogP contribution in [0.3, 0.4) is 0 Å². The molecule has 0 fully saturated rings. The molecule has 0 radical (unpaired) electrons. The van der Waals surface area contributed by atoms with Crippen LogP contribution in [0.15, 0.2) is 18.2 Å². The molecule has 0 spiro atoms. The van der Waals surface area contributed by atoms with Crippen LogP contribution in [-0.4, -0.2) is 52.4 Å². The van der Waals surface area contributed by atoms with E-state index in [1.54, 1.807) is 7.11 Å². The lowest BCUT2D eigenvalue weighted by Gasteiger charge is -2.15. The molecule has 1 aromatic carbocycles. The zero-order valence-electron chi connectivity index (χ0n) is 12.5. The minimum atomic E-state index is 0.709. The average Bonchev–Trinajstić information content (AvgIpc) is 2.36. The monoisotopic (exact) mass is 266 g/mol. The normalized spacial score (nSPS) is 11.0. The van der Waals surface area contributed by atoms with E-state index in [1.165, 1.54) is 11.1 Å². The van der Waals surface area contributed by atoms with E-state index < -0.39 is 0 Å². The van der Waals surface area contributed by atoms with Crippen molar-refractivity contribution in [3.8, 4) is 5.75 Å². The van der Waals surface area contributed by atoms with Crippen molar-refractivity contribution in [1.29, 1.82) is 0 Å².